The summed E-state index contributed by atoms with van der Waals surface area (Å²) in [5, 5.41) is 18.6. The Hall–Kier alpha value is -2.89. The molecule has 1 aromatic carbocycles. The number of benzene rings is 1. The van der Waals surface area contributed by atoms with Gasteiger partial charge in [0.05, 0.1) is 17.9 Å². The van der Waals surface area contributed by atoms with Crippen LogP contribution in [-0.4, -0.2) is 24.7 Å². The number of rotatable bonds is 3. The average Bonchev–Trinajstić information content (AvgIpc) is 2.97. The lowest BCUT2D eigenvalue weighted by molar-refractivity contribution is 0.470. The average molecular weight is 296 g/mol. The molecule has 6 heteroatoms. The number of aromatic hydroxyl groups is 1. The zero-order valence-corrected chi connectivity index (χ0v) is 12.3. The monoisotopic (exact) mass is 296 g/mol. The van der Waals surface area contributed by atoms with Gasteiger partial charge in [-0.05, 0) is 38.1 Å². The minimum absolute atomic E-state index is 0.0334. The summed E-state index contributed by atoms with van der Waals surface area (Å²) in [6, 6.07) is 11.9. The Bertz CT molecular complexity index is 864. The summed E-state index contributed by atoms with van der Waals surface area (Å²) in [6.45, 7) is 3.80. The Balaban J connectivity index is 2.16. The highest BCUT2D eigenvalue weighted by atomic mass is 16.3. The van der Waals surface area contributed by atoms with Crippen molar-refractivity contribution in [2.75, 3.05) is 0 Å². The standard InChI is InChI=1S/C16H16N4O2/c1-11(2)19-16(22)8-7-12(18-19)13-9-10-17-20(13)14-5-3-4-6-15(14)21/h3-11,21H,1-2H3. The first-order chi connectivity index (χ1) is 10.6. The van der Waals surface area contributed by atoms with Crippen LogP contribution in [0.1, 0.15) is 19.9 Å². The lowest BCUT2D eigenvalue weighted by atomic mass is 10.2. The first-order valence-corrected chi connectivity index (χ1v) is 7.00. The van der Waals surface area contributed by atoms with E-state index in [4.69, 9.17) is 0 Å². The molecule has 3 aromatic rings. The third kappa shape index (κ3) is 2.39. The predicted molar refractivity (Wildman–Crippen MR) is 83.1 cm³/mol. The maximum Gasteiger partial charge on any atom is 0.267 e. The minimum Gasteiger partial charge on any atom is -0.506 e. The SMILES string of the molecule is CC(C)n1nc(-c2ccnn2-c2ccccc2O)ccc1=O. The molecule has 0 aliphatic rings. The Labute approximate surface area is 127 Å². The van der Waals surface area contributed by atoms with Gasteiger partial charge in [0, 0.05) is 6.07 Å². The van der Waals surface area contributed by atoms with Gasteiger partial charge in [-0.3, -0.25) is 4.79 Å². The van der Waals surface area contributed by atoms with Crippen molar-refractivity contribution >= 4 is 0 Å². The normalized spacial score (nSPS) is 11.0. The predicted octanol–water partition coefficient (Wildman–Crippen LogP) is 2.38. The zero-order valence-electron chi connectivity index (χ0n) is 12.3. The minimum atomic E-state index is -0.146. The molecule has 1 N–H and O–H groups in total. The molecule has 2 heterocycles. The van der Waals surface area contributed by atoms with E-state index in [1.165, 1.54) is 10.7 Å². The summed E-state index contributed by atoms with van der Waals surface area (Å²) >= 11 is 0. The summed E-state index contributed by atoms with van der Waals surface area (Å²) in [6.07, 6.45) is 1.63. The highest BCUT2D eigenvalue weighted by Crippen LogP contribution is 2.25. The number of phenolic OH excluding ortho intramolecular Hbond substituents is 1. The van der Waals surface area contributed by atoms with E-state index in [1.807, 2.05) is 19.9 Å². The molecule has 0 fully saturated rings. The van der Waals surface area contributed by atoms with Gasteiger partial charge >= 0.3 is 0 Å². The third-order valence-corrected chi connectivity index (χ3v) is 3.33. The second-order valence-electron chi connectivity index (χ2n) is 5.21. The quantitative estimate of drug-likeness (QED) is 0.805. The number of phenols is 1. The van der Waals surface area contributed by atoms with Crippen molar-refractivity contribution in [2.24, 2.45) is 0 Å². The number of para-hydroxylation sites is 2. The maximum absolute atomic E-state index is 11.8. The van der Waals surface area contributed by atoms with Gasteiger partial charge in [-0.15, -0.1) is 0 Å². The van der Waals surface area contributed by atoms with Crippen molar-refractivity contribution in [3.63, 3.8) is 0 Å². The van der Waals surface area contributed by atoms with Gasteiger partial charge in [0.25, 0.3) is 5.56 Å². The van der Waals surface area contributed by atoms with Crippen LogP contribution in [0.25, 0.3) is 17.1 Å². The number of hydrogen-bond acceptors (Lipinski definition) is 4. The molecule has 0 radical (unpaired) electrons. The second kappa shape index (κ2) is 5.48. The van der Waals surface area contributed by atoms with Crippen LogP contribution in [0.3, 0.4) is 0 Å². The molecular formula is C16H16N4O2. The molecule has 0 spiro atoms. The summed E-state index contributed by atoms with van der Waals surface area (Å²) in [5.74, 6) is 0.129. The van der Waals surface area contributed by atoms with Crippen LogP contribution < -0.4 is 5.56 Å². The Kier molecular flexibility index (Phi) is 3.50. The highest BCUT2D eigenvalue weighted by molar-refractivity contribution is 5.59. The van der Waals surface area contributed by atoms with Gasteiger partial charge in [-0.2, -0.15) is 10.2 Å². The van der Waals surface area contributed by atoms with Crippen molar-refractivity contribution in [1.29, 1.82) is 0 Å². The zero-order chi connectivity index (χ0) is 15.7. The number of nitrogens with zero attached hydrogens (tertiary/aromatic N) is 4. The third-order valence-electron chi connectivity index (χ3n) is 3.33. The van der Waals surface area contributed by atoms with Gasteiger partial charge in [-0.1, -0.05) is 12.1 Å². The molecule has 0 atom stereocenters. The summed E-state index contributed by atoms with van der Waals surface area (Å²) in [5.41, 5.74) is 1.74. The van der Waals surface area contributed by atoms with Crippen molar-refractivity contribution in [2.45, 2.75) is 19.9 Å². The van der Waals surface area contributed by atoms with E-state index in [2.05, 4.69) is 10.2 Å². The van der Waals surface area contributed by atoms with Crippen LogP contribution in [0, 0.1) is 0 Å². The van der Waals surface area contributed by atoms with Crippen LogP contribution in [0.5, 0.6) is 5.75 Å². The molecule has 3 rings (SSSR count). The fourth-order valence-electron chi connectivity index (χ4n) is 2.26. The summed E-state index contributed by atoms with van der Waals surface area (Å²) in [4.78, 5) is 11.8. The molecule has 2 aromatic heterocycles. The molecule has 0 saturated carbocycles. The summed E-state index contributed by atoms with van der Waals surface area (Å²) < 4.78 is 3.03. The highest BCUT2D eigenvalue weighted by Gasteiger charge is 2.13. The van der Waals surface area contributed by atoms with Crippen molar-refractivity contribution in [1.82, 2.24) is 19.6 Å². The fourth-order valence-corrected chi connectivity index (χ4v) is 2.26. The molecule has 22 heavy (non-hydrogen) atoms. The van der Waals surface area contributed by atoms with E-state index in [9.17, 15) is 9.90 Å². The van der Waals surface area contributed by atoms with Crippen LogP contribution in [-0.2, 0) is 0 Å². The molecule has 0 saturated heterocycles. The smallest absolute Gasteiger partial charge is 0.267 e. The lowest BCUT2D eigenvalue weighted by Crippen LogP contribution is -2.24. The molecule has 0 aliphatic heterocycles. The van der Waals surface area contributed by atoms with E-state index in [0.29, 0.717) is 17.1 Å². The molecule has 6 nitrogen and oxygen atoms in total. The van der Waals surface area contributed by atoms with Crippen LogP contribution in [0.2, 0.25) is 0 Å². The Morgan fingerprint density at radius 1 is 1.09 bits per heavy atom. The van der Waals surface area contributed by atoms with Crippen molar-refractivity contribution in [3.8, 4) is 22.8 Å². The largest absolute Gasteiger partial charge is 0.506 e. The Morgan fingerprint density at radius 3 is 2.59 bits per heavy atom. The van der Waals surface area contributed by atoms with Crippen molar-refractivity contribution in [3.05, 3.63) is 59.0 Å². The molecule has 112 valence electrons. The van der Waals surface area contributed by atoms with E-state index < -0.39 is 0 Å². The topological polar surface area (TPSA) is 72.9 Å². The van der Waals surface area contributed by atoms with Crippen LogP contribution in [0.15, 0.2) is 53.5 Å². The van der Waals surface area contributed by atoms with Gasteiger partial charge in [0.15, 0.2) is 0 Å². The first-order valence-electron chi connectivity index (χ1n) is 7.00. The van der Waals surface area contributed by atoms with Gasteiger partial charge in [0.2, 0.25) is 0 Å². The van der Waals surface area contributed by atoms with Crippen molar-refractivity contribution < 1.29 is 5.11 Å². The lowest BCUT2D eigenvalue weighted by Gasteiger charge is -2.12. The molecule has 0 bridgehead atoms. The fraction of sp³-hybridized carbons (Fsp3) is 0.188. The number of hydrogen-bond donors (Lipinski definition) is 1. The van der Waals surface area contributed by atoms with Gasteiger partial charge in [0.1, 0.15) is 17.1 Å². The Morgan fingerprint density at radius 2 is 1.86 bits per heavy atom. The van der Waals surface area contributed by atoms with Crippen LogP contribution >= 0.6 is 0 Å². The molecule has 0 amide bonds. The van der Waals surface area contributed by atoms with E-state index >= 15 is 0 Å². The van der Waals surface area contributed by atoms with Crippen LogP contribution in [0.4, 0.5) is 0 Å². The van der Waals surface area contributed by atoms with Gasteiger partial charge < -0.3 is 5.11 Å². The number of aromatic nitrogens is 4. The van der Waals surface area contributed by atoms with E-state index in [0.717, 1.165) is 0 Å². The van der Waals surface area contributed by atoms with E-state index in [-0.39, 0.29) is 17.4 Å². The van der Waals surface area contributed by atoms with Gasteiger partial charge in [-0.25, -0.2) is 9.36 Å². The molecule has 0 unspecified atom stereocenters. The molecule has 0 aliphatic carbocycles. The second-order valence-corrected chi connectivity index (χ2v) is 5.21. The first kappa shape index (κ1) is 14.1. The maximum atomic E-state index is 11.8. The van der Waals surface area contributed by atoms with E-state index in [1.54, 1.807) is 41.2 Å². The summed E-state index contributed by atoms with van der Waals surface area (Å²) in [7, 11) is 0. The molecular weight excluding hydrogens is 280 g/mol.